The summed E-state index contributed by atoms with van der Waals surface area (Å²) in [5, 5.41) is 6.47. The highest BCUT2D eigenvalue weighted by molar-refractivity contribution is 5.90. The van der Waals surface area contributed by atoms with Crippen LogP contribution in [-0.2, 0) is 4.79 Å². The van der Waals surface area contributed by atoms with Crippen LogP contribution in [0.3, 0.4) is 0 Å². The van der Waals surface area contributed by atoms with E-state index in [0.717, 1.165) is 11.4 Å². The van der Waals surface area contributed by atoms with Gasteiger partial charge in [0.25, 0.3) is 0 Å². The van der Waals surface area contributed by atoms with Gasteiger partial charge >= 0.3 is 0 Å². The molecular formula is C17H27N3O. The molecule has 1 aliphatic rings. The van der Waals surface area contributed by atoms with Gasteiger partial charge in [-0.3, -0.25) is 4.79 Å². The lowest BCUT2D eigenvalue weighted by Crippen LogP contribution is -2.39. The van der Waals surface area contributed by atoms with E-state index in [0.29, 0.717) is 12.5 Å². The molecule has 0 saturated carbocycles. The first-order valence-electron chi connectivity index (χ1n) is 8.10. The molecule has 0 radical (unpaired) electrons. The summed E-state index contributed by atoms with van der Waals surface area (Å²) in [5.41, 5.74) is 2.00. The first kappa shape index (κ1) is 15.8. The summed E-state index contributed by atoms with van der Waals surface area (Å²) in [6.45, 7) is 7.70. The molecule has 4 nitrogen and oxygen atoms in total. The lowest BCUT2D eigenvalue weighted by molar-refractivity contribution is -0.115. The molecule has 1 fully saturated rings. The molecule has 4 heteroatoms. The smallest absolute Gasteiger partial charge is 0.224 e. The molecule has 1 heterocycles. The van der Waals surface area contributed by atoms with Crippen LogP contribution in [0, 0.1) is 0 Å². The summed E-state index contributed by atoms with van der Waals surface area (Å²) >= 11 is 0. The third kappa shape index (κ3) is 5.05. The van der Waals surface area contributed by atoms with Gasteiger partial charge in [-0.1, -0.05) is 13.8 Å². The highest BCUT2D eigenvalue weighted by Crippen LogP contribution is 2.19. The molecule has 0 aliphatic carbocycles. The van der Waals surface area contributed by atoms with Crippen molar-refractivity contribution < 1.29 is 4.79 Å². The average Bonchev–Trinajstić information content (AvgIpc) is 2.51. The van der Waals surface area contributed by atoms with Gasteiger partial charge in [0.15, 0.2) is 0 Å². The van der Waals surface area contributed by atoms with Gasteiger partial charge in [0.1, 0.15) is 0 Å². The van der Waals surface area contributed by atoms with Crippen molar-refractivity contribution in [3.05, 3.63) is 24.3 Å². The number of anilines is 2. The maximum atomic E-state index is 11.3. The SMILES string of the molecule is CCCN1CCC(Nc2ccc(NC(=O)CC)cc2)CC1. The number of hydrogen-bond donors (Lipinski definition) is 2. The van der Waals surface area contributed by atoms with Gasteiger partial charge in [-0.05, 0) is 50.1 Å². The van der Waals surface area contributed by atoms with E-state index in [2.05, 4.69) is 22.5 Å². The van der Waals surface area contributed by atoms with E-state index in [4.69, 9.17) is 0 Å². The minimum Gasteiger partial charge on any atom is -0.382 e. The van der Waals surface area contributed by atoms with Crippen molar-refractivity contribution in [3.63, 3.8) is 0 Å². The Kier molecular flexibility index (Phi) is 6.05. The van der Waals surface area contributed by atoms with Crippen LogP contribution in [0.4, 0.5) is 11.4 Å². The summed E-state index contributed by atoms with van der Waals surface area (Å²) in [5.74, 6) is 0.0546. The lowest BCUT2D eigenvalue weighted by Gasteiger charge is -2.32. The Bertz CT molecular complexity index is 436. The largest absolute Gasteiger partial charge is 0.382 e. The molecule has 2 rings (SSSR count). The van der Waals surface area contributed by atoms with E-state index in [-0.39, 0.29) is 5.91 Å². The van der Waals surface area contributed by atoms with Crippen LogP contribution in [0.2, 0.25) is 0 Å². The Balaban J connectivity index is 1.80. The summed E-state index contributed by atoms with van der Waals surface area (Å²) in [6.07, 6.45) is 4.15. The Morgan fingerprint density at radius 2 is 1.76 bits per heavy atom. The molecule has 1 aromatic rings. The standard InChI is InChI=1S/C17H27N3O/c1-3-11-20-12-9-16(10-13-20)18-14-5-7-15(8-6-14)19-17(21)4-2/h5-8,16,18H,3-4,9-13H2,1-2H3,(H,19,21). The normalized spacial score (nSPS) is 16.7. The van der Waals surface area contributed by atoms with Crippen LogP contribution in [0.1, 0.15) is 39.5 Å². The number of carbonyl (C=O) groups excluding carboxylic acids is 1. The Labute approximate surface area is 127 Å². The molecule has 0 unspecified atom stereocenters. The van der Waals surface area contributed by atoms with Gasteiger partial charge < -0.3 is 15.5 Å². The predicted octanol–water partition coefficient (Wildman–Crippen LogP) is 3.32. The van der Waals surface area contributed by atoms with Gasteiger partial charge in [-0.25, -0.2) is 0 Å². The second-order valence-corrected chi connectivity index (χ2v) is 5.74. The Hall–Kier alpha value is -1.55. The van der Waals surface area contributed by atoms with Crippen LogP contribution in [0.25, 0.3) is 0 Å². The minimum atomic E-state index is 0.0546. The van der Waals surface area contributed by atoms with Crippen molar-refractivity contribution in [2.45, 2.75) is 45.6 Å². The van der Waals surface area contributed by atoms with Gasteiger partial charge in [0, 0.05) is 36.9 Å². The third-order valence-electron chi connectivity index (χ3n) is 3.99. The molecule has 0 atom stereocenters. The van der Waals surface area contributed by atoms with E-state index >= 15 is 0 Å². The van der Waals surface area contributed by atoms with Crippen molar-refractivity contribution in [3.8, 4) is 0 Å². The van der Waals surface area contributed by atoms with Crippen LogP contribution >= 0.6 is 0 Å². The topological polar surface area (TPSA) is 44.4 Å². The molecule has 21 heavy (non-hydrogen) atoms. The van der Waals surface area contributed by atoms with Crippen molar-refractivity contribution in [1.82, 2.24) is 4.90 Å². The highest BCUT2D eigenvalue weighted by Gasteiger charge is 2.18. The van der Waals surface area contributed by atoms with Gasteiger partial charge in [0.2, 0.25) is 5.91 Å². The van der Waals surface area contributed by atoms with Gasteiger partial charge in [0.05, 0.1) is 0 Å². The van der Waals surface area contributed by atoms with Crippen LogP contribution in [-0.4, -0.2) is 36.5 Å². The maximum absolute atomic E-state index is 11.3. The first-order chi connectivity index (χ1) is 10.2. The number of hydrogen-bond acceptors (Lipinski definition) is 3. The number of nitrogens with one attached hydrogen (secondary N) is 2. The molecule has 116 valence electrons. The summed E-state index contributed by atoms with van der Waals surface area (Å²) in [7, 11) is 0. The van der Waals surface area contributed by atoms with Crippen molar-refractivity contribution >= 4 is 17.3 Å². The summed E-state index contributed by atoms with van der Waals surface area (Å²) < 4.78 is 0. The fraction of sp³-hybridized carbons (Fsp3) is 0.588. The zero-order valence-corrected chi connectivity index (χ0v) is 13.2. The fourth-order valence-corrected chi connectivity index (χ4v) is 2.75. The zero-order valence-electron chi connectivity index (χ0n) is 13.2. The number of carbonyl (C=O) groups is 1. The molecular weight excluding hydrogens is 262 g/mol. The number of nitrogens with zero attached hydrogens (tertiary/aromatic N) is 1. The number of benzene rings is 1. The van der Waals surface area contributed by atoms with Gasteiger partial charge in [-0.2, -0.15) is 0 Å². The quantitative estimate of drug-likeness (QED) is 0.844. The molecule has 1 aromatic carbocycles. The second kappa shape index (κ2) is 8.03. The molecule has 1 amide bonds. The molecule has 1 aliphatic heterocycles. The number of amides is 1. The van der Waals surface area contributed by atoms with E-state index in [1.807, 2.05) is 31.2 Å². The number of piperidine rings is 1. The van der Waals surface area contributed by atoms with Crippen molar-refractivity contribution in [1.29, 1.82) is 0 Å². The molecule has 0 spiro atoms. The highest BCUT2D eigenvalue weighted by atomic mass is 16.1. The van der Waals surface area contributed by atoms with Crippen LogP contribution < -0.4 is 10.6 Å². The first-order valence-corrected chi connectivity index (χ1v) is 8.10. The Morgan fingerprint density at radius 1 is 1.14 bits per heavy atom. The minimum absolute atomic E-state index is 0.0546. The number of rotatable bonds is 6. The van der Waals surface area contributed by atoms with Crippen LogP contribution in [0.5, 0.6) is 0 Å². The molecule has 1 saturated heterocycles. The van der Waals surface area contributed by atoms with E-state index in [9.17, 15) is 4.79 Å². The van der Waals surface area contributed by atoms with E-state index in [1.54, 1.807) is 0 Å². The van der Waals surface area contributed by atoms with Crippen LogP contribution in [0.15, 0.2) is 24.3 Å². The summed E-state index contributed by atoms with van der Waals surface area (Å²) in [6, 6.07) is 8.58. The average molecular weight is 289 g/mol. The van der Waals surface area contributed by atoms with E-state index < -0.39 is 0 Å². The molecule has 2 N–H and O–H groups in total. The van der Waals surface area contributed by atoms with E-state index in [1.165, 1.54) is 38.9 Å². The molecule has 0 aromatic heterocycles. The maximum Gasteiger partial charge on any atom is 0.224 e. The monoisotopic (exact) mass is 289 g/mol. The summed E-state index contributed by atoms with van der Waals surface area (Å²) in [4.78, 5) is 13.9. The molecule has 0 bridgehead atoms. The zero-order chi connectivity index (χ0) is 15.1. The second-order valence-electron chi connectivity index (χ2n) is 5.74. The van der Waals surface area contributed by atoms with Crippen molar-refractivity contribution in [2.75, 3.05) is 30.3 Å². The Morgan fingerprint density at radius 3 is 2.33 bits per heavy atom. The van der Waals surface area contributed by atoms with Crippen molar-refractivity contribution in [2.24, 2.45) is 0 Å². The number of likely N-dealkylation sites (tertiary alicyclic amines) is 1. The lowest BCUT2D eigenvalue weighted by atomic mass is 10.0. The third-order valence-corrected chi connectivity index (χ3v) is 3.99. The predicted molar refractivity (Wildman–Crippen MR) is 88.7 cm³/mol. The fourth-order valence-electron chi connectivity index (χ4n) is 2.75. The van der Waals surface area contributed by atoms with Gasteiger partial charge in [-0.15, -0.1) is 0 Å².